The van der Waals surface area contributed by atoms with Gasteiger partial charge >= 0.3 is 12.0 Å². The largest absolute Gasteiger partial charge is 0.481 e. The molecule has 20 heavy (non-hydrogen) atoms. The van der Waals surface area contributed by atoms with E-state index < -0.39 is 5.97 Å². The van der Waals surface area contributed by atoms with Crippen molar-refractivity contribution in [2.24, 2.45) is 17.8 Å². The number of carboxylic acids is 1. The Balaban J connectivity index is 2.69. The second-order valence-corrected chi connectivity index (χ2v) is 6.61. The quantitative estimate of drug-likeness (QED) is 0.833. The van der Waals surface area contributed by atoms with E-state index in [0.29, 0.717) is 11.8 Å². The molecule has 0 aromatic carbocycles. The maximum absolute atomic E-state index is 12.4. The summed E-state index contributed by atoms with van der Waals surface area (Å²) in [6, 6.07) is -0.251. The molecule has 116 valence electrons. The monoisotopic (exact) mass is 284 g/mol. The van der Waals surface area contributed by atoms with E-state index in [1.165, 1.54) is 0 Å². The number of hydrogen-bond donors (Lipinski definition) is 2. The number of amides is 2. The maximum Gasteiger partial charge on any atom is 0.317 e. The Hall–Kier alpha value is -1.26. The lowest BCUT2D eigenvalue weighted by molar-refractivity contribution is -0.137. The topological polar surface area (TPSA) is 69.6 Å². The maximum atomic E-state index is 12.4. The summed E-state index contributed by atoms with van der Waals surface area (Å²) in [5.41, 5.74) is 0. The summed E-state index contributed by atoms with van der Waals surface area (Å²) in [6.45, 7) is 11.0. The van der Waals surface area contributed by atoms with E-state index in [4.69, 9.17) is 5.11 Å². The predicted octanol–water partition coefficient (Wildman–Crippen LogP) is 2.56. The third kappa shape index (κ3) is 4.39. The van der Waals surface area contributed by atoms with Gasteiger partial charge in [0, 0.05) is 18.6 Å². The van der Waals surface area contributed by atoms with Crippen molar-refractivity contribution in [3.05, 3.63) is 0 Å². The molecule has 0 radical (unpaired) electrons. The number of carbonyl (C=O) groups is 2. The van der Waals surface area contributed by atoms with Crippen LogP contribution in [-0.4, -0.2) is 40.6 Å². The lowest BCUT2D eigenvalue weighted by atomic mass is 9.86. The number of hydrogen-bond acceptors (Lipinski definition) is 2. The molecule has 5 heteroatoms. The first kappa shape index (κ1) is 16.8. The van der Waals surface area contributed by atoms with E-state index in [1.54, 1.807) is 0 Å². The van der Waals surface area contributed by atoms with E-state index in [-0.39, 0.29) is 30.5 Å². The van der Waals surface area contributed by atoms with Crippen molar-refractivity contribution in [1.29, 1.82) is 0 Å². The van der Waals surface area contributed by atoms with Gasteiger partial charge in [0.25, 0.3) is 0 Å². The van der Waals surface area contributed by atoms with Gasteiger partial charge in [0.05, 0.1) is 6.42 Å². The molecule has 5 nitrogen and oxygen atoms in total. The lowest BCUT2D eigenvalue weighted by Gasteiger charge is -2.41. The van der Waals surface area contributed by atoms with Crippen molar-refractivity contribution in [2.45, 2.75) is 59.5 Å². The first-order valence-corrected chi connectivity index (χ1v) is 7.51. The minimum absolute atomic E-state index is 0.0310. The summed E-state index contributed by atoms with van der Waals surface area (Å²) in [6.07, 6.45) is 1.10. The predicted molar refractivity (Wildman–Crippen MR) is 78.5 cm³/mol. The smallest absolute Gasteiger partial charge is 0.317 e. The number of aliphatic carboxylic acids is 1. The Labute approximate surface area is 121 Å². The first-order valence-electron chi connectivity index (χ1n) is 7.51. The van der Waals surface area contributed by atoms with Crippen LogP contribution in [0.5, 0.6) is 0 Å². The van der Waals surface area contributed by atoms with Crippen LogP contribution in [0.25, 0.3) is 0 Å². The van der Waals surface area contributed by atoms with Crippen molar-refractivity contribution in [3.63, 3.8) is 0 Å². The van der Waals surface area contributed by atoms with E-state index in [9.17, 15) is 9.59 Å². The molecule has 4 unspecified atom stereocenters. The molecule has 0 aromatic rings. The van der Waals surface area contributed by atoms with Crippen LogP contribution in [0.15, 0.2) is 0 Å². The van der Waals surface area contributed by atoms with Crippen LogP contribution in [0.3, 0.4) is 0 Å². The highest BCUT2D eigenvalue weighted by atomic mass is 16.4. The Morgan fingerprint density at radius 2 is 1.90 bits per heavy atom. The van der Waals surface area contributed by atoms with Crippen LogP contribution < -0.4 is 5.32 Å². The molecule has 0 spiro atoms. The molecule has 1 aliphatic heterocycles. The number of rotatable bonds is 4. The van der Waals surface area contributed by atoms with Crippen LogP contribution in [0.4, 0.5) is 4.79 Å². The van der Waals surface area contributed by atoms with Crippen LogP contribution in [0.2, 0.25) is 0 Å². The number of carboxylic acid groups (broad SMARTS) is 1. The fraction of sp³-hybridized carbons (Fsp3) is 0.867. The van der Waals surface area contributed by atoms with Crippen LogP contribution in [0, 0.1) is 17.8 Å². The minimum Gasteiger partial charge on any atom is -0.481 e. The number of likely N-dealkylation sites (tertiary alicyclic amines) is 1. The number of piperidine rings is 1. The zero-order chi connectivity index (χ0) is 15.4. The van der Waals surface area contributed by atoms with Gasteiger partial charge in [0.1, 0.15) is 0 Å². The van der Waals surface area contributed by atoms with Gasteiger partial charge in [-0.05, 0) is 31.1 Å². The minimum atomic E-state index is -0.877. The zero-order valence-corrected chi connectivity index (χ0v) is 13.2. The highest BCUT2D eigenvalue weighted by Crippen LogP contribution is 2.27. The van der Waals surface area contributed by atoms with Gasteiger partial charge in [-0.1, -0.05) is 27.7 Å². The summed E-state index contributed by atoms with van der Waals surface area (Å²) >= 11 is 0. The van der Waals surface area contributed by atoms with Crippen molar-refractivity contribution in [1.82, 2.24) is 10.2 Å². The summed E-state index contributed by atoms with van der Waals surface area (Å²) in [7, 11) is 0. The Kier molecular flexibility index (Phi) is 5.84. The summed E-state index contributed by atoms with van der Waals surface area (Å²) in [5, 5.41) is 11.8. The molecule has 4 atom stereocenters. The first-order chi connectivity index (χ1) is 9.22. The Morgan fingerprint density at radius 3 is 2.40 bits per heavy atom. The highest BCUT2D eigenvalue weighted by molar-refractivity contribution is 5.76. The molecule has 0 aromatic heterocycles. The average molecular weight is 284 g/mol. The molecule has 1 aliphatic rings. The Bertz CT molecular complexity index is 357. The van der Waals surface area contributed by atoms with E-state index in [2.05, 4.69) is 26.1 Å². The van der Waals surface area contributed by atoms with Gasteiger partial charge in [-0.3, -0.25) is 4.79 Å². The normalized spacial score (nSPS) is 28.3. The second kappa shape index (κ2) is 6.95. The van der Waals surface area contributed by atoms with Crippen LogP contribution in [-0.2, 0) is 4.79 Å². The van der Waals surface area contributed by atoms with Gasteiger partial charge in [-0.15, -0.1) is 0 Å². The molecule has 1 saturated heterocycles. The fourth-order valence-corrected chi connectivity index (χ4v) is 2.87. The number of carbonyl (C=O) groups excluding carboxylic acids is 1. The highest BCUT2D eigenvalue weighted by Gasteiger charge is 2.33. The molecular formula is C15H28N2O3. The summed E-state index contributed by atoms with van der Waals surface area (Å²) in [5.74, 6) is 0.188. The van der Waals surface area contributed by atoms with Crippen LogP contribution >= 0.6 is 0 Å². The Morgan fingerprint density at radius 1 is 1.30 bits per heavy atom. The van der Waals surface area contributed by atoms with E-state index in [0.717, 1.165) is 13.0 Å². The molecule has 0 bridgehead atoms. The van der Waals surface area contributed by atoms with Crippen molar-refractivity contribution in [3.8, 4) is 0 Å². The fourth-order valence-electron chi connectivity index (χ4n) is 2.87. The van der Waals surface area contributed by atoms with Gasteiger partial charge < -0.3 is 15.3 Å². The van der Waals surface area contributed by atoms with Gasteiger partial charge in [0.15, 0.2) is 0 Å². The van der Waals surface area contributed by atoms with Crippen molar-refractivity contribution >= 4 is 12.0 Å². The van der Waals surface area contributed by atoms with Crippen LogP contribution in [0.1, 0.15) is 47.5 Å². The third-order valence-electron chi connectivity index (χ3n) is 4.37. The van der Waals surface area contributed by atoms with E-state index in [1.807, 2.05) is 18.7 Å². The molecule has 0 saturated carbocycles. The summed E-state index contributed by atoms with van der Waals surface area (Å²) < 4.78 is 0. The zero-order valence-electron chi connectivity index (χ0n) is 13.2. The standard InChI is InChI=1S/C15H28N2O3/c1-9(2)13(7-14(18)19)16-15(20)17-8-10(3)6-11(4)12(17)5/h9-13H,6-8H2,1-5H3,(H,16,20)(H,18,19). The SMILES string of the molecule is CC1CC(C)C(C)N(C(=O)NC(CC(=O)O)C(C)C)C1. The van der Waals surface area contributed by atoms with Gasteiger partial charge in [0.2, 0.25) is 0 Å². The average Bonchev–Trinajstić information content (AvgIpc) is 2.32. The van der Waals surface area contributed by atoms with Gasteiger partial charge in [-0.2, -0.15) is 0 Å². The third-order valence-corrected chi connectivity index (χ3v) is 4.37. The molecule has 2 N–H and O–H groups in total. The molecule has 1 heterocycles. The number of nitrogens with one attached hydrogen (secondary N) is 1. The van der Waals surface area contributed by atoms with Crippen molar-refractivity contribution in [2.75, 3.05) is 6.54 Å². The molecule has 1 rings (SSSR count). The van der Waals surface area contributed by atoms with E-state index >= 15 is 0 Å². The number of nitrogens with zero attached hydrogens (tertiary/aromatic N) is 1. The molecule has 2 amide bonds. The molecular weight excluding hydrogens is 256 g/mol. The number of urea groups is 1. The second-order valence-electron chi connectivity index (χ2n) is 6.61. The molecule has 1 fully saturated rings. The van der Waals surface area contributed by atoms with Gasteiger partial charge in [-0.25, -0.2) is 4.79 Å². The lowest BCUT2D eigenvalue weighted by Crippen LogP contribution is -2.55. The van der Waals surface area contributed by atoms with Crippen molar-refractivity contribution < 1.29 is 14.7 Å². The molecule has 0 aliphatic carbocycles. The summed E-state index contributed by atoms with van der Waals surface area (Å²) in [4.78, 5) is 25.2.